The number of fused-ring (bicyclic) bond motifs is 1. The number of sulfonamides is 1. The number of nitrogens with zero attached hydrogens (tertiary/aromatic N) is 1. The molecule has 0 atom stereocenters. The molecule has 0 saturated heterocycles. The van der Waals surface area contributed by atoms with Crippen molar-refractivity contribution in [3.8, 4) is 0 Å². The molecule has 4 nitrogen and oxygen atoms in total. The van der Waals surface area contributed by atoms with Gasteiger partial charge in [0.2, 0.25) is 0 Å². The van der Waals surface area contributed by atoms with Crippen LogP contribution in [0.1, 0.15) is 11.1 Å². The molecule has 1 heterocycles. The van der Waals surface area contributed by atoms with Crippen LogP contribution in [-0.4, -0.2) is 15.0 Å². The van der Waals surface area contributed by atoms with Crippen LogP contribution in [0.25, 0.3) is 0 Å². The van der Waals surface area contributed by atoms with Crippen LogP contribution in [0.2, 0.25) is 5.02 Å². The maximum Gasteiger partial charge on any atom is 0.264 e. The average Bonchev–Trinajstić information content (AvgIpc) is 2.67. The molecule has 23 heavy (non-hydrogen) atoms. The third kappa shape index (κ3) is 3.07. The second kappa shape index (κ2) is 5.91. The number of benzene rings is 2. The highest BCUT2D eigenvalue weighted by Gasteiger charge is 2.30. The Labute approximate surface area is 141 Å². The Kier molecular flexibility index (Phi) is 4.08. The molecule has 0 spiro atoms. The standard InChI is InChI=1S/C17H16ClNO3S/c1-12-3-7-16(8-4-12)23(20,21)19-10-13(2)22-11-14-5-6-15(18)9-17(14)19/h3-9H,2,10-11H2,1H3. The highest BCUT2D eigenvalue weighted by molar-refractivity contribution is 7.92. The second-order valence-electron chi connectivity index (χ2n) is 5.43. The minimum Gasteiger partial charge on any atom is -0.492 e. The summed E-state index contributed by atoms with van der Waals surface area (Å²) in [5.41, 5.74) is 2.27. The summed E-state index contributed by atoms with van der Waals surface area (Å²) in [6, 6.07) is 11.9. The highest BCUT2D eigenvalue weighted by atomic mass is 35.5. The fourth-order valence-electron chi connectivity index (χ4n) is 2.41. The van der Waals surface area contributed by atoms with Crippen LogP contribution in [0.3, 0.4) is 0 Å². The van der Waals surface area contributed by atoms with Gasteiger partial charge in [0.25, 0.3) is 10.0 Å². The van der Waals surface area contributed by atoms with E-state index in [4.69, 9.17) is 16.3 Å². The van der Waals surface area contributed by atoms with Crippen molar-refractivity contribution in [3.63, 3.8) is 0 Å². The average molecular weight is 350 g/mol. The lowest BCUT2D eigenvalue weighted by Crippen LogP contribution is -2.32. The Morgan fingerprint density at radius 3 is 2.57 bits per heavy atom. The van der Waals surface area contributed by atoms with Gasteiger partial charge in [-0.1, -0.05) is 41.9 Å². The third-order valence-electron chi connectivity index (χ3n) is 3.68. The molecule has 0 saturated carbocycles. The largest absolute Gasteiger partial charge is 0.492 e. The van der Waals surface area contributed by atoms with Crippen molar-refractivity contribution >= 4 is 27.3 Å². The Morgan fingerprint density at radius 1 is 1.17 bits per heavy atom. The van der Waals surface area contributed by atoms with Crippen LogP contribution < -0.4 is 4.31 Å². The molecule has 0 bridgehead atoms. The molecule has 0 aliphatic carbocycles. The third-order valence-corrected chi connectivity index (χ3v) is 5.69. The van der Waals surface area contributed by atoms with Crippen LogP contribution >= 0.6 is 11.6 Å². The van der Waals surface area contributed by atoms with Crippen molar-refractivity contribution in [1.82, 2.24) is 0 Å². The van der Waals surface area contributed by atoms with Crippen LogP contribution in [0.5, 0.6) is 0 Å². The number of rotatable bonds is 2. The Bertz CT molecular complexity index is 860. The molecule has 1 aliphatic heterocycles. The zero-order valence-electron chi connectivity index (χ0n) is 12.6. The molecule has 120 valence electrons. The van der Waals surface area contributed by atoms with Crippen molar-refractivity contribution < 1.29 is 13.2 Å². The predicted molar refractivity (Wildman–Crippen MR) is 91.1 cm³/mol. The lowest BCUT2D eigenvalue weighted by molar-refractivity contribution is 0.203. The van der Waals surface area contributed by atoms with Crippen LogP contribution in [0.15, 0.2) is 59.7 Å². The van der Waals surface area contributed by atoms with Crippen molar-refractivity contribution in [3.05, 3.63) is 71.0 Å². The van der Waals surface area contributed by atoms with E-state index in [2.05, 4.69) is 6.58 Å². The summed E-state index contributed by atoms with van der Waals surface area (Å²) in [6.07, 6.45) is 0. The van der Waals surface area contributed by atoms with E-state index in [1.165, 1.54) is 4.31 Å². The second-order valence-corrected chi connectivity index (χ2v) is 7.72. The van der Waals surface area contributed by atoms with Gasteiger partial charge in [-0.3, -0.25) is 4.31 Å². The molecule has 0 aromatic heterocycles. The quantitative estimate of drug-likeness (QED) is 0.826. The first-order chi connectivity index (χ1) is 10.9. The van der Waals surface area contributed by atoms with Crippen molar-refractivity contribution in [2.75, 3.05) is 10.8 Å². The van der Waals surface area contributed by atoms with E-state index in [0.717, 1.165) is 11.1 Å². The van der Waals surface area contributed by atoms with Crippen molar-refractivity contribution in [2.24, 2.45) is 0 Å². The van der Waals surface area contributed by atoms with E-state index in [1.54, 1.807) is 42.5 Å². The molecule has 2 aromatic rings. The number of anilines is 1. The van der Waals surface area contributed by atoms with Crippen molar-refractivity contribution in [1.29, 1.82) is 0 Å². The topological polar surface area (TPSA) is 46.6 Å². The van der Waals surface area contributed by atoms with E-state index >= 15 is 0 Å². The van der Waals surface area contributed by atoms with E-state index in [9.17, 15) is 8.42 Å². The SMILES string of the molecule is C=C1CN(S(=O)(=O)c2ccc(C)cc2)c2cc(Cl)ccc2CO1. The van der Waals surface area contributed by atoms with Gasteiger partial charge >= 0.3 is 0 Å². The van der Waals surface area contributed by atoms with Gasteiger partial charge in [-0.25, -0.2) is 8.42 Å². The number of ether oxygens (including phenoxy) is 1. The van der Waals surface area contributed by atoms with Crippen molar-refractivity contribution in [2.45, 2.75) is 18.4 Å². The maximum atomic E-state index is 13.1. The van der Waals surface area contributed by atoms with Gasteiger partial charge in [-0.15, -0.1) is 0 Å². The Hall–Kier alpha value is -1.98. The van der Waals surface area contributed by atoms with Gasteiger partial charge in [0.05, 0.1) is 17.1 Å². The first-order valence-corrected chi connectivity index (χ1v) is 8.88. The summed E-state index contributed by atoms with van der Waals surface area (Å²) in [7, 11) is -3.73. The normalized spacial score (nSPS) is 14.9. The van der Waals surface area contributed by atoms with E-state index < -0.39 is 10.0 Å². The Morgan fingerprint density at radius 2 is 1.87 bits per heavy atom. The van der Waals surface area contributed by atoms with Crippen LogP contribution in [0, 0.1) is 6.92 Å². The molecule has 3 rings (SSSR count). The summed E-state index contributed by atoms with van der Waals surface area (Å²) >= 11 is 6.06. The molecular formula is C17H16ClNO3S. The summed E-state index contributed by atoms with van der Waals surface area (Å²) in [6.45, 7) is 6.03. The fraction of sp³-hybridized carbons (Fsp3) is 0.176. The van der Waals surface area contributed by atoms with E-state index in [-0.39, 0.29) is 18.0 Å². The summed E-state index contributed by atoms with van der Waals surface area (Å²) in [5, 5.41) is 0.473. The lowest BCUT2D eigenvalue weighted by atomic mass is 10.2. The molecule has 6 heteroatoms. The van der Waals surface area contributed by atoms with Gasteiger partial charge in [0.1, 0.15) is 12.4 Å². The molecular weight excluding hydrogens is 334 g/mol. The minimum atomic E-state index is -3.73. The molecule has 1 aliphatic rings. The van der Waals surface area contributed by atoms with Gasteiger partial charge < -0.3 is 4.74 Å². The summed E-state index contributed by atoms with van der Waals surface area (Å²) in [4.78, 5) is 0.226. The highest BCUT2D eigenvalue weighted by Crippen LogP contribution is 2.33. The molecule has 0 amide bonds. The number of hydrogen-bond donors (Lipinski definition) is 0. The van der Waals surface area contributed by atoms with Gasteiger partial charge in [-0.05, 0) is 31.2 Å². The van der Waals surface area contributed by atoms with Gasteiger partial charge in [0.15, 0.2) is 0 Å². The molecule has 0 fully saturated rings. The van der Waals surface area contributed by atoms with Crippen LogP contribution in [-0.2, 0) is 21.4 Å². The predicted octanol–water partition coefficient (Wildman–Crippen LogP) is 3.89. The maximum absolute atomic E-state index is 13.1. The first-order valence-electron chi connectivity index (χ1n) is 7.06. The van der Waals surface area contributed by atoms with Crippen LogP contribution in [0.4, 0.5) is 5.69 Å². The Balaban J connectivity index is 2.15. The molecule has 2 aromatic carbocycles. The van der Waals surface area contributed by atoms with E-state index in [1.807, 2.05) is 6.92 Å². The summed E-state index contributed by atoms with van der Waals surface area (Å²) < 4.78 is 32.9. The number of aryl methyl sites for hydroxylation is 1. The first kappa shape index (κ1) is 15.9. The lowest BCUT2D eigenvalue weighted by Gasteiger charge is -2.24. The monoisotopic (exact) mass is 349 g/mol. The van der Waals surface area contributed by atoms with Gasteiger partial charge in [0, 0.05) is 10.6 Å². The van der Waals surface area contributed by atoms with Gasteiger partial charge in [-0.2, -0.15) is 0 Å². The molecule has 0 N–H and O–H groups in total. The minimum absolute atomic E-state index is 0.0591. The number of halogens is 1. The summed E-state index contributed by atoms with van der Waals surface area (Å²) in [5.74, 6) is 0.396. The zero-order valence-corrected chi connectivity index (χ0v) is 14.2. The van der Waals surface area contributed by atoms with E-state index in [0.29, 0.717) is 16.5 Å². The fourth-order valence-corrected chi connectivity index (χ4v) is 4.06. The number of hydrogen-bond acceptors (Lipinski definition) is 3. The smallest absolute Gasteiger partial charge is 0.264 e. The zero-order chi connectivity index (χ0) is 16.6. The molecule has 0 unspecified atom stereocenters. The molecule has 0 radical (unpaired) electrons.